The Morgan fingerprint density at radius 3 is 1.75 bits per heavy atom. The molecule has 60 valence electrons. The zero-order chi connectivity index (χ0) is 7.46. The highest BCUT2D eigenvalue weighted by Crippen LogP contribution is 3.04. The molecule has 3 nitrogen and oxygen atoms in total. The number of urea groups is 1. The third-order valence-electron chi connectivity index (χ3n) is 6.31. The maximum atomic E-state index is 11.3. The van der Waals surface area contributed by atoms with Crippen LogP contribution in [0.25, 0.3) is 0 Å². The van der Waals surface area contributed by atoms with Crippen molar-refractivity contribution in [2.45, 2.75) is 11.1 Å². The lowest BCUT2D eigenvalue weighted by atomic mass is 8.96. The molecule has 1 heterocycles. The molecular weight excluding hydrogens is 152 g/mol. The van der Waals surface area contributed by atoms with E-state index in [0.29, 0.717) is 11.1 Å². The summed E-state index contributed by atoms with van der Waals surface area (Å²) in [5.41, 5.74) is 0.637. The lowest BCUT2D eigenvalue weighted by Gasteiger charge is -3.09. The van der Waals surface area contributed by atoms with Gasteiger partial charge in [0.05, 0.1) is 11.1 Å². The minimum absolute atomic E-state index is 0.119. The van der Waals surface area contributed by atoms with Crippen molar-refractivity contribution < 1.29 is 4.79 Å². The summed E-state index contributed by atoms with van der Waals surface area (Å²) in [7, 11) is 0. The van der Waals surface area contributed by atoms with Crippen LogP contribution in [0, 0.1) is 35.5 Å². The Bertz CT molecular complexity index is 347. The molecule has 0 aromatic rings. The monoisotopic (exact) mass is 160 g/mol. The molecular formula is C9H8N2O. The third-order valence-corrected chi connectivity index (χ3v) is 6.31. The third kappa shape index (κ3) is 0.128. The summed E-state index contributed by atoms with van der Waals surface area (Å²) in [4.78, 5) is 11.3. The summed E-state index contributed by atoms with van der Waals surface area (Å²) in [5, 5.41) is 6.37. The van der Waals surface area contributed by atoms with E-state index in [1.807, 2.05) is 0 Å². The second-order valence-electron chi connectivity index (χ2n) is 5.57. The average molecular weight is 160 g/mol. The fourth-order valence-corrected chi connectivity index (χ4v) is 6.48. The summed E-state index contributed by atoms with van der Waals surface area (Å²) >= 11 is 0. The normalized spacial score (nSPS) is 91.8. The molecule has 1 saturated heterocycles. The summed E-state index contributed by atoms with van der Waals surface area (Å²) in [5.74, 6) is 5.77. The lowest BCUT2D eigenvalue weighted by Crippen LogP contribution is -3.18. The summed E-state index contributed by atoms with van der Waals surface area (Å²) in [6.07, 6.45) is 0. The Morgan fingerprint density at radius 2 is 1.33 bits per heavy atom. The van der Waals surface area contributed by atoms with E-state index in [1.54, 1.807) is 0 Å². The van der Waals surface area contributed by atoms with Crippen molar-refractivity contribution in [3.05, 3.63) is 0 Å². The Hall–Kier alpha value is -0.730. The second kappa shape index (κ2) is 0.751. The first-order valence-electron chi connectivity index (χ1n) is 4.94. The number of hydrogen-bond donors (Lipinski definition) is 2. The molecule has 6 aliphatic carbocycles. The Kier molecular flexibility index (Phi) is 0.281. The molecule has 6 saturated carbocycles. The number of carbonyl (C=O) groups is 1. The van der Waals surface area contributed by atoms with E-state index < -0.39 is 0 Å². The maximum Gasteiger partial charge on any atom is 0.315 e. The van der Waals surface area contributed by atoms with E-state index in [-0.39, 0.29) is 6.03 Å². The molecule has 1 aliphatic heterocycles. The summed E-state index contributed by atoms with van der Waals surface area (Å²) in [6.45, 7) is 0. The van der Waals surface area contributed by atoms with E-state index in [1.165, 1.54) is 0 Å². The van der Waals surface area contributed by atoms with Gasteiger partial charge < -0.3 is 10.6 Å². The van der Waals surface area contributed by atoms with Gasteiger partial charge in [-0.25, -0.2) is 4.79 Å². The van der Waals surface area contributed by atoms with Crippen molar-refractivity contribution in [3.8, 4) is 0 Å². The number of rotatable bonds is 0. The molecule has 2 spiro atoms. The van der Waals surface area contributed by atoms with Crippen molar-refractivity contribution in [2.75, 3.05) is 0 Å². The van der Waals surface area contributed by atoms with Gasteiger partial charge in [0.15, 0.2) is 0 Å². The van der Waals surface area contributed by atoms with Crippen LogP contribution in [-0.4, -0.2) is 17.1 Å². The predicted molar refractivity (Wildman–Crippen MR) is 38.1 cm³/mol. The first kappa shape index (κ1) is 4.49. The van der Waals surface area contributed by atoms with Crippen LogP contribution in [0.1, 0.15) is 0 Å². The first-order valence-corrected chi connectivity index (χ1v) is 4.94. The number of nitrogens with one attached hydrogen (secondary N) is 2. The van der Waals surface area contributed by atoms with Gasteiger partial charge in [0.2, 0.25) is 0 Å². The van der Waals surface area contributed by atoms with Gasteiger partial charge >= 0.3 is 6.03 Å². The highest BCUT2D eigenvalue weighted by molar-refractivity contribution is 5.88. The number of amides is 2. The van der Waals surface area contributed by atoms with Crippen molar-refractivity contribution in [1.82, 2.24) is 10.6 Å². The molecule has 0 bridgehead atoms. The van der Waals surface area contributed by atoms with E-state index in [2.05, 4.69) is 10.6 Å². The van der Waals surface area contributed by atoms with E-state index in [4.69, 9.17) is 0 Å². The molecule has 0 aromatic heterocycles. The molecule has 2 N–H and O–H groups in total. The highest BCUT2D eigenvalue weighted by atomic mass is 16.2. The molecule has 4 unspecified atom stereocenters. The average Bonchev–Trinajstić information content (AvgIpc) is 2.33. The molecule has 7 fully saturated rings. The highest BCUT2D eigenvalue weighted by Gasteiger charge is 3.12. The Labute approximate surface area is 68.9 Å². The number of hydrogen-bond acceptors (Lipinski definition) is 1. The molecule has 12 heavy (non-hydrogen) atoms. The van der Waals surface area contributed by atoms with Gasteiger partial charge in [-0.2, -0.15) is 0 Å². The first-order chi connectivity index (χ1) is 5.84. The van der Waals surface area contributed by atoms with Crippen LogP contribution >= 0.6 is 0 Å². The van der Waals surface area contributed by atoms with Crippen LogP contribution in [-0.2, 0) is 0 Å². The fourth-order valence-electron chi connectivity index (χ4n) is 6.48. The lowest BCUT2D eigenvalue weighted by molar-refractivity contribution is -0.581. The topological polar surface area (TPSA) is 41.1 Å². The van der Waals surface area contributed by atoms with Crippen LogP contribution in [0.5, 0.6) is 0 Å². The molecule has 3 heteroatoms. The zero-order valence-corrected chi connectivity index (χ0v) is 6.37. The molecule has 0 radical (unpaired) electrons. The van der Waals surface area contributed by atoms with Gasteiger partial charge in [0.25, 0.3) is 0 Å². The molecule has 2 amide bonds. The van der Waals surface area contributed by atoms with Crippen molar-refractivity contribution in [2.24, 2.45) is 35.5 Å². The Morgan fingerprint density at radius 1 is 0.917 bits per heavy atom. The van der Waals surface area contributed by atoms with E-state index in [0.717, 1.165) is 35.5 Å². The molecule has 7 aliphatic rings. The fraction of sp³-hybridized carbons (Fsp3) is 0.889. The van der Waals surface area contributed by atoms with E-state index in [9.17, 15) is 4.79 Å². The minimum Gasteiger partial charge on any atom is -0.330 e. The largest absolute Gasteiger partial charge is 0.330 e. The van der Waals surface area contributed by atoms with Gasteiger partial charge in [-0.1, -0.05) is 0 Å². The second-order valence-corrected chi connectivity index (χ2v) is 5.57. The van der Waals surface area contributed by atoms with Crippen LogP contribution in [0.2, 0.25) is 0 Å². The maximum absolute atomic E-state index is 11.3. The summed E-state index contributed by atoms with van der Waals surface area (Å²) < 4.78 is 0. The quantitative estimate of drug-likeness (QED) is 0.494. The van der Waals surface area contributed by atoms with Crippen LogP contribution in [0.4, 0.5) is 4.79 Å². The standard InChI is InChI=1S/C9H8N2O/c12-7-10-8-3-1-2-5(3)9(8,11-7)6(2)4(1)8/h1-6H,(H2,10,11,12). The smallest absolute Gasteiger partial charge is 0.315 e. The molecule has 4 atom stereocenters. The summed E-state index contributed by atoms with van der Waals surface area (Å²) in [6, 6.07) is 0.119. The van der Waals surface area contributed by atoms with Gasteiger partial charge in [-0.15, -0.1) is 0 Å². The van der Waals surface area contributed by atoms with Crippen molar-refractivity contribution >= 4 is 6.03 Å². The van der Waals surface area contributed by atoms with Gasteiger partial charge in [0, 0.05) is 0 Å². The number of carbonyl (C=O) groups excluding carboxylic acids is 1. The minimum atomic E-state index is 0.119. The van der Waals surface area contributed by atoms with Gasteiger partial charge in [-0.05, 0) is 35.5 Å². The van der Waals surface area contributed by atoms with Crippen LogP contribution in [0.15, 0.2) is 0 Å². The molecule has 0 aromatic carbocycles. The predicted octanol–water partition coefficient (Wildman–Crippen LogP) is -0.458. The Balaban J connectivity index is 1.75. The molecule has 7 rings (SSSR count). The van der Waals surface area contributed by atoms with Crippen molar-refractivity contribution in [1.29, 1.82) is 0 Å². The zero-order valence-electron chi connectivity index (χ0n) is 6.37. The SMILES string of the molecule is O=C1NC23C4C5C6C4C2(N1)C6C53. The van der Waals surface area contributed by atoms with Gasteiger partial charge in [-0.3, -0.25) is 0 Å². The van der Waals surface area contributed by atoms with Crippen LogP contribution in [0.3, 0.4) is 0 Å². The van der Waals surface area contributed by atoms with Crippen LogP contribution < -0.4 is 10.6 Å². The van der Waals surface area contributed by atoms with E-state index >= 15 is 0 Å². The van der Waals surface area contributed by atoms with Gasteiger partial charge in [0.1, 0.15) is 0 Å². The van der Waals surface area contributed by atoms with Crippen molar-refractivity contribution in [3.63, 3.8) is 0 Å².